The molecule has 0 bridgehead atoms. The normalized spacial score (nSPS) is 18.8. The zero-order valence-electron chi connectivity index (χ0n) is 12.3. The van der Waals surface area contributed by atoms with E-state index in [0.717, 1.165) is 41.5 Å². The molecule has 0 saturated carbocycles. The molecule has 21 heavy (non-hydrogen) atoms. The number of thiazole rings is 1. The Morgan fingerprint density at radius 1 is 1.48 bits per heavy atom. The van der Waals surface area contributed by atoms with Crippen LogP contribution in [0, 0.1) is 6.92 Å². The average molecular weight is 301 g/mol. The van der Waals surface area contributed by atoms with Crippen molar-refractivity contribution in [3.8, 4) is 11.3 Å². The van der Waals surface area contributed by atoms with E-state index < -0.39 is 0 Å². The largest absolute Gasteiger partial charge is 0.336 e. The zero-order chi connectivity index (χ0) is 14.8. The predicted molar refractivity (Wildman–Crippen MR) is 85.7 cm³/mol. The van der Waals surface area contributed by atoms with Gasteiger partial charge in [-0.2, -0.15) is 0 Å². The Labute approximate surface area is 128 Å². The Morgan fingerprint density at radius 2 is 2.33 bits per heavy atom. The maximum Gasteiger partial charge on any atom is 0.253 e. The molecule has 1 saturated heterocycles. The zero-order valence-corrected chi connectivity index (χ0v) is 13.1. The van der Waals surface area contributed by atoms with Gasteiger partial charge in [0.2, 0.25) is 0 Å². The van der Waals surface area contributed by atoms with Crippen molar-refractivity contribution in [2.75, 3.05) is 19.6 Å². The van der Waals surface area contributed by atoms with E-state index in [1.807, 2.05) is 41.5 Å². The fourth-order valence-corrected chi connectivity index (χ4v) is 3.23. The number of nitrogens with one attached hydrogen (secondary N) is 1. The Bertz CT molecular complexity index is 652. The van der Waals surface area contributed by atoms with E-state index in [-0.39, 0.29) is 5.91 Å². The molecule has 5 heteroatoms. The molecule has 0 radical (unpaired) electrons. The summed E-state index contributed by atoms with van der Waals surface area (Å²) in [5, 5.41) is 6.43. The first-order valence-corrected chi connectivity index (χ1v) is 8.06. The number of aryl methyl sites for hydroxylation is 1. The van der Waals surface area contributed by atoms with E-state index in [0.29, 0.717) is 6.04 Å². The highest BCUT2D eigenvalue weighted by molar-refractivity contribution is 7.09. The number of carbonyl (C=O) groups excluding carboxylic acids is 1. The van der Waals surface area contributed by atoms with Crippen LogP contribution in [0.1, 0.15) is 22.3 Å². The number of hydrogen-bond donors (Lipinski definition) is 1. The summed E-state index contributed by atoms with van der Waals surface area (Å²) in [5.41, 5.74) is 2.70. The molecule has 1 aromatic carbocycles. The van der Waals surface area contributed by atoms with Crippen LogP contribution in [-0.4, -0.2) is 41.5 Å². The maximum atomic E-state index is 12.6. The van der Waals surface area contributed by atoms with Crippen LogP contribution in [0.3, 0.4) is 0 Å². The van der Waals surface area contributed by atoms with Crippen molar-refractivity contribution >= 4 is 17.2 Å². The molecule has 1 aromatic heterocycles. The number of benzene rings is 1. The highest BCUT2D eigenvalue weighted by atomic mass is 32.1. The van der Waals surface area contributed by atoms with Gasteiger partial charge in [-0.25, -0.2) is 4.98 Å². The van der Waals surface area contributed by atoms with E-state index in [9.17, 15) is 4.79 Å². The van der Waals surface area contributed by atoms with Crippen molar-refractivity contribution < 1.29 is 4.79 Å². The molecule has 110 valence electrons. The average Bonchev–Trinajstić information content (AvgIpc) is 2.93. The summed E-state index contributed by atoms with van der Waals surface area (Å²) in [5.74, 6) is 0.108. The smallest absolute Gasteiger partial charge is 0.253 e. The lowest BCUT2D eigenvalue weighted by Gasteiger charge is -2.32. The summed E-state index contributed by atoms with van der Waals surface area (Å²) in [6, 6.07) is 8.13. The van der Waals surface area contributed by atoms with Crippen molar-refractivity contribution in [1.82, 2.24) is 15.2 Å². The molecular formula is C16H19N3OS. The lowest BCUT2D eigenvalue weighted by molar-refractivity contribution is 0.0709. The molecule has 1 atom stereocenters. The first-order valence-electron chi connectivity index (χ1n) is 7.19. The summed E-state index contributed by atoms with van der Waals surface area (Å²) >= 11 is 1.63. The van der Waals surface area contributed by atoms with Crippen molar-refractivity contribution in [1.29, 1.82) is 0 Å². The summed E-state index contributed by atoms with van der Waals surface area (Å²) in [4.78, 5) is 19.0. The number of carbonyl (C=O) groups is 1. The summed E-state index contributed by atoms with van der Waals surface area (Å²) in [6.45, 7) is 6.49. The third kappa shape index (κ3) is 3.14. The number of aromatic nitrogens is 1. The first-order chi connectivity index (χ1) is 10.1. The molecule has 0 spiro atoms. The Morgan fingerprint density at radius 3 is 3.05 bits per heavy atom. The SMILES string of the molecule is Cc1nc(-c2cccc(C(=O)N3CCNC(C)C3)c2)cs1. The predicted octanol–water partition coefficient (Wildman–Crippen LogP) is 2.55. The highest BCUT2D eigenvalue weighted by Gasteiger charge is 2.21. The van der Waals surface area contributed by atoms with E-state index >= 15 is 0 Å². The second-order valence-electron chi connectivity index (χ2n) is 5.44. The van der Waals surface area contributed by atoms with Crippen molar-refractivity contribution in [2.24, 2.45) is 0 Å². The van der Waals surface area contributed by atoms with Crippen molar-refractivity contribution in [3.05, 3.63) is 40.2 Å². The van der Waals surface area contributed by atoms with Gasteiger partial charge in [0.15, 0.2) is 0 Å². The van der Waals surface area contributed by atoms with Gasteiger partial charge in [0.1, 0.15) is 0 Å². The molecule has 0 aliphatic carbocycles. The van der Waals surface area contributed by atoms with Crippen LogP contribution in [-0.2, 0) is 0 Å². The second-order valence-corrected chi connectivity index (χ2v) is 6.50. The fraction of sp³-hybridized carbons (Fsp3) is 0.375. The topological polar surface area (TPSA) is 45.2 Å². The number of amides is 1. The van der Waals surface area contributed by atoms with Gasteiger partial charge >= 0.3 is 0 Å². The third-order valence-corrected chi connectivity index (χ3v) is 4.45. The minimum atomic E-state index is 0.108. The Hall–Kier alpha value is -1.72. The molecule has 1 amide bonds. The Balaban J connectivity index is 1.84. The standard InChI is InChI=1S/C16H19N3OS/c1-11-9-19(7-6-17-11)16(20)14-5-3-4-13(8-14)15-10-21-12(2)18-15/h3-5,8,10-11,17H,6-7,9H2,1-2H3. The van der Waals surface area contributed by atoms with E-state index in [4.69, 9.17) is 0 Å². The highest BCUT2D eigenvalue weighted by Crippen LogP contribution is 2.23. The first kappa shape index (κ1) is 14.2. The molecule has 1 aliphatic heterocycles. The number of rotatable bonds is 2. The molecule has 1 unspecified atom stereocenters. The van der Waals surface area contributed by atoms with Crippen LogP contribution in [0.15, 0.2) is 29.6 Å². The van der Waals surface area contributed by atoms with Crippen LogP contribution in [0.5, 0.6) is 0 Å². The van der Waals surface area contributed by atoms with Gasteiger partial charge in [-0.15, -0.1) is 11.3 Å². The van der Waals surface area contributed by atoms with Gasteiger partial charge < -0.3 is 10.2 Å². The van der Waals surface area contributed by atoms with E-state index in [1.165, 1.54) is 0 Å². The minimum absolute atomic E-state index is 0.108. The van der Waals surface area contributed by atoms with Gasteiger partial charge in [0, 0.05) is 42.2 Å². The summed E-state index contributed by atoms with van der Waals surface area (Å²) in [6.07, 6.45) is 0. The van der Waals surface area contributed by atoms with Gasteiger partial charge in [0.05, 0.1) is 10.7 Å². The monoisotopic (exact) mass is 301 g/mol. The van der Waals surface area contributed by atoms with Gasteiger partial charge in [-0.1, -0.05) is 12.1 Å². The molecule has 4 nitrogen and oxygen atoms in total. The van der Waals surface area contributed by atoms with Crippen molar-refractivity contribution in [3.63, 3.8) is 0 Å². The van der Waals surface area contributed by atoms with Crippen molar-refractivity contribution in [2.45, 2.75) is 19.9 Å². The number of piperazine rings is 1. The molecular weight excluding hydrogens is 282 g/mol. The summed E-state index contributed by atoms with van der Waals surface area (Å²) in [7, 11) is 0. The number of hydrogen-bond acceptors (Lipinski definition) is 4. The maximum absolute atomic E-state index is 12.6. The van der Waals surface area contributed by atoms with Crippen LogP contribution in [0.4, 0.5) is 0 Å². The lowest BCUT2D eigenvalue weighted by Crippen LogP contribution is -2.51. The van der Waals surface area contributed by atoms with Crippen LogP contribution < -0.4 is 5.32 Å². The summed E-state index contributed by atoms with van der Waals surface area (Å²) < 4.78 is 0. The van der Waals surface area contributed by atoms with Crippen LogP contribution >= 0.6 is 11.3 Å². The van der Waals surface area contributed by atoms with Gasteiger partial charge in [0.25, 0.3) is 5.91 Å². The molecule has 2 heterocycles. The number of nitrogens with zero attached hydrogens (tertiary/aromatic N) is 2. The fourth-order valence-electron chi connectivity index (χ4n) is 2.61. The van der Waals surface area contributed by atoms with E-state index in [1.54, 1.807) is 11.3 Å². The Kier molecular flexibility index (Phi) is 4.03. The molecule has 3 rings (SSSR count). The van der Waals surface area contributed by atoms with Crippen LogP contribution in [0.25, 0.3) is 11.3 Å². The second kappa shape index (κ2) is 5.95. The third-order valence-electron chi connectivity index (χ3n) is 3.68. The van der Waals surface area contributed by atoms with Crippen LogP contribution in [0.2, 0.25) is 0 Å². The quantitative estimate of drug-likeness (QED) is 0.927. The van der Waals surface area contributed by atoms with Gasteiger partial charge in [-0.05, 0) is 26.0 Å². The van der Waals surface area contributed by atoms with Gasteiger partial charge in [-0.3, -0.25) is 4.79 Å². The minimum Gasteiger partial charge on any atom is -0.336 e. The van der Waals surface area contributed by atoms with E-state index in [2.05, 4.69) is 17.2 Å². The molecule has 1 fully saturated rings. The molecule has 2 aromatic rings. The molecule has 1 N–H and O–H groups in total. The lowest BCUT2D eigenvalue weighted by atomic mass is 10.1. The molecule has 1 aliphatic rings.